The van der Waals surface area contributed by atoms with Crippen LogP contribution >= 0.6 is 0 Å². The summed E-state index contributed by atoms with van der Waals surface area (Å²) in [5.74, 6) is -1.31. The summed E-state index contributed by atoms with van der Waals surface area (Å²) in [6, 6.07) is 3.82. The molecule has 0 bridgehead atoms. The minimum Gasteiger partial charge on any atom is -0.508 e. The van der Waals surface area contributed by atoms with Crippen molar-refractivity contribution < 1.29 is 21.9 Å². The normalized spacial score (nSPS) is 27.4. The lowest BCUT2D eigenvalue weighted by Gasteiger charge is -2.36. The third kappa shape index (κ3) is 3.08. The van der Waals surface area contributed by atoms with Gasteiger partial charge in [-0.1, -0.05) is 20.8 Å². The van der Waals surface area contributed by atoms with E-state index in [0.717, 1.165) is 0 Å². The van der Waals surface area contributed by atoms with Crippen molar-refractivity contribution in [1.29, 1.82) is 0 Å². The molecule has 1 aromatic carbocycles. The fourth-order valence-electron chi connectivity index (χ4n) is 2.66. The summed E-state index contributed by atoms with van der Waals surface area (Å²) in [5, 5.41) is 9.89. The van der Waals surface area contributed by atoms with Crippen molar-refractivity contribution in [1.82, 2.24) is 0 Å². The second kappa shape index (κ2) is 5.13. The number of anilines is 1. The van der Waals surface area contributed by atoms with Crippen LogP contribution in [-0.2, 0) is 19.7 Å². The second-order valence-corrected chi connectivity index (χ2v) is 11.4. The first-order chi connectivity index (χ1) is 9.84. The monoisotopic (exact) mass is 347 g/mol. The molecule has 0 aliphatic carbocycles. The van der Waals surface area contributed by atoms with E-state index < -0.39 is 35.6 Å². The minimum atomic E-state index is -3.96. The predicted octanol–water partition coefficient (Wildman–Crippen LogP) is 1.48. The number of sulfone groups is 2. The lowest BCUT2D eigenvalue weighted by Crippen LogP contribution is -2.43. The van der Waals surface area contributed by atoms with E-state index in [-0.39, 0.29) is 28.5 Å². The number of benzene rings is 1. The molecule has 1 aliphatic heterocycles. The summed E-state index contributed by atoms with van der Waals surface area (Å²) in [6.07, 6.45) is 0. The Morgan fingerprint density at radius 3 is 2.05 bits per heavy atom. The molecule has 22 heavy (non-hydrogen) atoms. The molecule has 0 radical (unpaired) electrons. The van der Waals surface area contributed by atoms with Crippen molar-refractivity contribution in [3.05, 3.63) is 23.8 Å². The molecule has 1 aliphatic rings. The zero-order valence-corrected chi connectivity index (χ0v) is 14.4. The largest absolute Gasteiger partial charge is 0.508 e. The maximum atomic E-state index is 12.6. The van der Waals surface area contributed by atoms with E-state index in [1.165, 1.54) is 18.2 Å². The van der Waals surface area contributed by atoms with E-state index in [1.807, 2.05) is 20.8 Å². The Hall–Kier alpha value is -1.28. The van der Waals surface area contributed by atoms with Gasteiger partial charge in [0.05, 0.1) is 11.5 Å². The van der Waals surface area contributed by atoms with Crippen LogP contribution in [0.2, 0.25) is 0 Å². The van der Waals surface area contributed by atoms with Crippen molar-refractivity contribution >= 4 is 25.4 Å². The SMILES string of the molecule is CC(C)(C)C1CS(=O)(=O)C(c2cc(N)ccc2O)S(=O)(=O)C1. The van der Waals surface area contributed by atoms with Crippen LogP contribution in [0.1, 0.15) is 30.9 Å². The molecule has 124 valence electrons. The lowest BCUT2D eigenvalue weighted by atomic mass is 9.83. The third-order valence-corrected chi connectivity index (χ3v) is 9.36. The van der Waals surface area contributed by atoms with Crippen molar-refractivity contribution in [2.45, 2.75) is 25.4 Å². The van der Waals surface area contributed by atoms with Crippen LogP contribution in [0.3, 0.4) is 0 Å². The van der Waals surface area contributed by atoms with Gasteiger partial charge in [-0.15, -0.1) is 0 Å². The second-order valence-electron chi connectivity index (χ2n) is 6.87. The van der Waals surface area contributed by atoms with Gasteiger partial charge < -0.3 is 10.8 Å². The number of nitrogen functional groups attached to an aromatic ring is 1. The van der Waals surface area contributed by atoms with Gasteiger partial charge in [0, 0.05) is 11.3 Å². The maximum absolute atomic E-state index is 12.6. The Bertz CT molecular complexity index is 755. The molecule has 0 saturated carbocycles. The number of hydrogen-bond donors (Lipinski definition) is 2. The molecule has 0 unspecified atom stereocenters. The molecule has 3 N–H and O–H groups in total. The Morgan fingerprint density at radius 1 is 1.09 bits per heavy atom. The highest BCUT2D eigenvalue weighted by molar-refractivity contribution is 8.09. The number of nitrogens with two attached hydrogens (primary N) is 1. The van der Waals surface area contributed by atoms with E-state index in [1.54, 1.807) is 0 Å². The highest BCUT2D eigenvalue weighted by Crippen LogP contribution is 2.44. The first-order valence-electron chi connectivity index (χ1n) is 6.86. The summed E-state index contributed by atoms with van der Waals surface area (Å²) in [7, 11) is -7.92. The zero-order valence-electron chi connectivity index (χ0n) is 12.8. The average molecular weight is 347 g/mol. The van der Waals surface area contributed by atoms with E-state index >= 15 is 0 Å². The van der Waals surface area contributed by atoms with Crippen LogP contribution in [-0.4, -0.2) is 33.4 Å². The summed E-state index contributed by atoms with van der Waals surface area (Å²) in [4.78, 5) is 0. The summed E-state index contributed by atoms with van der Waals surface area (Å²) >= 11 is 0. The van der Waals surface area contributed by atoms with E-state index in [4.69, 9.17) is 5.73 Å². The van der Waals surface area contributed by atoms with Crippen LogP contribution in [0, 0.1) is 11.3 Å². The molecule has 0 atom stereocenters. The predicted molar refractivity (Wildman–Crippen MR) is 85.8 cm³/mol. The summed E-state index contributed by atoms with van der Waals surface area (Å²) in [5.41, 5.74) is 5.21. The Morgan fingerprint density at radius 2 is 1.59 bits per heavy atom. The molecule has 0 spiro atoms. The van der Waals surface area contributed by atoms with Gasteiger partial charge in [-0.25, -0.2) is 16.8 Å². The van der Waals surface area contributed by atoms with Gasteiger partial charge in [0.15, 0.2) is 24.3 Å². The Labute approximate surface area is 131 Å². The maximum Gasteiger partial charge on any atom is 0.191 e. The van der Waals surface area contributed by atoms with Crippen LogP contribution in [0.25, 0.3) is 0 Å². The highest BCUT2D eigenvalue weighted by atomic mass is 32.3. The molecule has 2 rings (SSSR count). The molecular weight excluding hydrogens is 326 g/mol. The van der Waals surface area contributed by atoms with Crippen molar-refractivity contribution in [3.63, 3.8) is 0 Å². The van der Waals surface area contributed by atoms with Gasteiger partial charge in [0.1, 0.15) is 5.75 Å². The molecule has 0 aromatic heterocycles. The Balaban J connectivity index is 2.61. The number of aromatic hydroxyl groups is 1. The van der Waals surface area contributed by atoms with Gasteiger partial charge in [0.2, 0.25) is 0 Å². The van der Waals surface area contributed by atoms with Crippen molar-refractivity contribution in [2.24, 2.45) is 11.3 Å². The molecular formula is C14H21NO5S2. The first-order valence-corrected chi connectivity index (χ1v) is 10.3. The molecule has 1 heterocycles. The molecule has 8 heteroatoms. The molecule has 1 saturated heterocycles. The van der Waals surface area contributed by atoms with E-state index in [9.17, 15) is 21.9 Å². The Kier molecular flexibility index (Phi) is 3.98. The van der Waals surface area contributed by atoms with Crippen LogP contribution in [0.15, 0.2) is 18.2 Å². The smallest absolute Gasteiger partial charge is 0.191 e. The summed E-state index contributed by atoms with van der Waals surface area (Å²) < 4.78 is 48.6. The van der Waals surface area contributed by atoms with Crippen molar-refractivity contribution in [3.8, 4) is 5.75 Å². The van der Waals surface area contributed by atoms with Gasteiger partial charge in [-0.2, -0.15) is 0 Å². The van der Waals surface area contributed by atoms with Gasteiger partial charge in [-0.3, -0.25) is 0 Å². The van der Waals surface area contributed by atoms with Gasteiger partial charge >= 0.3 is 0 Å². The topological polar surface area (TPSA) is 115 Å². The van der Waals surface area contributed by atoms with Crippen LogP contribution in [0.4, 0.5) is 5.69 Å². The zero-order chi connectivity index (χ0) is 16.9. The van der Waals surface area contributed by atoms with Gasteiger partial charge in [-0.05, 0) is 29.5 Å². The van der Waals surface area contributed by atoms with E-state index in [0.29, 0.717) is 0 Å². The fourth-order valence-corrected chi connectivity index (χ4v) is 8.92. The standard InChI is InChI=1S/C14H21NO5S2/c1-14(2,3)9-7-21(17,18)13(22(19,20)8-9)11-6-10(15)4-5-12(11)16/h4-6,9,13,16H,7-8,15H2,1-3H3. The van der Waals surface area contributed by atoms with Crippen molar-refractivity contribution in [2.75, 3.05) is 17.2 Å². The molecule has 1 fully saturated rings. The summed E-state index contributed by atoms with van der Waals surface area (Å²) in [6.45, 7) is 5.46. The highest BCUT2D eigenvalue weighted by Gasteiger charge is 2.49. The third-order valence-electron chi connectivity index (χ3n) is 4.05. The number of phenolic OH excluding ortho intramolecular Hbond substituents is 1. The number of rotatable bonds is 1. The quantitative estimate of drug-likeness (QED) is 0.587. The fraction of sp³-hybridized carbons (Fsp3) is 0.571. The average Bonchev–Trinajstić information content (AvgIpc) is 2.29. The van der Waals surface area contributed by atoms with Crippen LogP contribution < -0.4 is 5.73 Å². The number of phenols is 1. The van der Waals surface area contributed by atoms with Gasteiger partial charge in [0.25, 0.3) is 0 Å². The minimum absolute atomic E-state index is 0.160. The molecule has 6 nitrogen and oxygen atoms in total. The van der Waals surface area contributed by atoms with E-state index in [2.05, 4.69) is 0 Å². The molecule has 1 aromatic rings. The lowest BCUT2D eigenvalue weighted by molar-refractivity contribution is 0.284. The number of hydrogen-bond acceptors (Lipinski definition) is 6. The first kappa shape index (κ1) is 17.1. The molecule has 0 amide bonds. The van der Waals surface area contributed by atoms with Crippen LogP contribution in [0.5, 0.6) is 5.75 Å².